The number of hydrogen-bond acceptors (Lipinski definition) is 3. The van der Waals surface area contributed by atoms with Gasteiger partial charge in [-0.2, -0.15) is 0 Å². The number of piperazine rings is 1. The van der Waals surface area contributed by atoms with E-state index in [1.165, 1.54) is 25.9 Å². The maximum atomic E-state index is 12.0. The summed E-state index contributed by atoms with van der Waals surface area (Å²) in [7, 11) is 2.21. The van der Waals surface area contributed by atoms with Crippen molar-refractivity contribution in [3.63, 3.8) is 0 Å². The highest BCUT2D eigenvalue weighted by molar-refractivity contribution is 5.81. The first-order valence-corrected chi connectivity index (χ1v) is 7.45. The number of amides is 1. The molecular weight excluding hydrogens is 226 g/mol. The van der Waals surface area contributed by atoms with E-state index in [9.17, 15) is 4.79 Å². The lowest BCUT2D eigenvalue weighted by Crippen LogP contribution is -2.54. The van der Waals surface area contributed by atoms with Crippen LogP contribution >= 0.6 is 0 Å². The lowest BCUT2D eigenvalue weighted by Gasteiger charge is -2.42. The lowest BCUT2D eigenvalue weighted by atomic mass is 10.0. The molecule has 0 N–H and O–H groups in total. The van der Waals surface area contributed by atoms with Crippen molar-refractivity contribution >= 4 is 5.91 Å². The van der Waals surface area contributed by atoms with E-state index >= 15 is 0 Å². The summed E-state index contributed by atoms with van der Waals surface area (Å²) in [6.07, 6.45) is 4.86. The fraction of sp³-hybridized carbons (Fsp3) is 0.929. The Hall–Kier alpha value is -0.610. The molecule has 0 aromatic heterocycles. The van der Waals surface area contributed by atoms with Crippen molar-refractivity contribution in [2.75, 3.05) is 46.3 Å². The molecule has 1 aliphatic carbocycles. The molecule has 3 rings (SSSR count). The molecule has 2 heterocycles. The van der Waals surface area contributed by atoms with E-state index in [4.69, 9.17) is 0 Å². The SMILES string of the molecule is CN1CCC(N2CCN(C(=O)C3CC3)CC2)CC1. The molecule has 3 aliphatic rings. The van der Waals surface area contributed by atoms with Gasteiger partial charge in [0, 0.05) is 38.1 Å². The molecule has 102 valence electrons. The molecule has 0 spiro atoms. The molecule has 4 heteroatoms. The van der Waals surface area contributed by atoms with Gasteiger partial charge in [0.15, 0.2) is 0 Å². The van der Waals surface area contributed by atoms with Gasteiger partial charge in [-0.25, -0.2) is 0 Å². The summed E-state index contributed by atoms with van der Waals surface area (Å²) in [5.41, 5.74) is 0. The molecule has 3 fully saturated rings. The standard InChI is InChI=1S/C14H25N3O/c1-15-6-4-13(5-7-15)16-8-10-17(11-9-16)14(18)12-2-3-12/h12-13H,2-11H2,1H3. The Bertz CT molecular complexity index is 300. The van der Waals surface area contributed by atoms with Crippen molar-refractivity contribution in [1.29, 1.82) is 0 Å². The van der Waals surface area contributed by atoms with Gasteiger partial charge in [0.25, 0.3) is 0 Å². The van der Waals surface area contributed by atoms with Gasteiger partial charge in [-0.05, 0) is 45.8 Å². The molecule has 2 aliphatic heterocycles. The van der Waals surface area contributed by atoms with Crippen molar-refractivity contribution in [2.45, 2.75) is 31.7 Å². The molecule has 0 aromatic carbocycles. The van der Waals surface area contributed by atoms with Gasteiger partial charge in [-0.15, -0.1) is 0 Å². The summed E-state index contributed by atoms with van der Waals surface area (Å²) >= 11 is 0. The second-order valence-electron chi connectivity index (χ2n) is 6.17. The van der Waals surface area contributed by atoms with Crippen molar-refractivity contribution in [3.05, 3.63) is 0 Å². The average Bonchev–Trinajstić information content (AvgIpc) is 3.23. The van der Waals surface area contributed by atoms with Crippen LogP contribution in [0.1, 0.15) is 25.7 Å². The van der Waals surface area contributed by atoms with Crippen molar-refractivity contribution in [2.24, 2.45) is 5.92 Å². The molecule has 0 radical (unpaired) electrons. The zero-order valence-corrected chi connectivity index (χ0v) is 11.5. The van der Waals surface area contributed by atoms with Crippen LogP contribution in [0.25, 0.3) is 0 Å². The van der Waals surface area contributed by atoms with Crippen LogP contribution < -0.4 is 0 Å². The normalized spacial score (nSPS) is 28.6. The summed E-state index contributed by atoms with van der Waals surface area (Å²) in [4.78, 5) is 19.1. The minimum absolute atomic E-state index is 0.389. The molecule has 0 atom stereocenters. The van der Waals surface area contributed by atoms with E-state index in [1.54, 1.807) is 0 Å². The zero-order chi connectivity index (χ0) is 12.5. The molecule has 1 saturated carbocycles. The van der Waals surface area contributed by atoms with E-state index in [0.717, 1.165) is 45.1 Å². The van der Waals surface area contributed by atoms with E-state index in [2.05, 4.69) is 21.7 Å². The second kappa shape index (κ2) is 5.17. The van der Waals surface area contributed by atoms with Gasteiger partial charge >= 0.3 is 0 Å². The van der Waals surface area contributed by atoms with Crippen molar-refractivity contribution in [1.82, 2.24) is 14.7 Å². The van der Waals surface area contributed by atoms with Gasteiger partial charge in [0.05, 0.1) is 0 Å². The number of piperidine rings is 1. The van der Waals surface area contributed by atoms with Crippen molar-refractivity contribution < 1.29 is 4.79 Å². The third-order valence-corrected chi connectivity index (χ3v) is 4.76. The van der Waals surface area contributed by atoms with Crippen LogP contribution in [0, 0.1) is 5.92 Å². The lowest BCUT2D eigenvalue weighted by molar-refractivity contribution is -0.134. The van der Waals surface area contributed by atoms with Gasteiger partial charge in [0.2, 0.25) is 5.91 Å². The number of carbonyl (C=O) groups is 1. The van der Waals surface area contributed by atoms with Gasteiger partial charge in [-0.3, -0.25) is 9.69 Å². The third kappa shape index (κ3) is 2.69. The Morgan fingerprint density at radius 2 is 1.50 bits per heavy atom. The molecule has 1 amide bonds. The van der Waals surface area contributed by atoms with Crippen LogP contribution in [0.5, 0.6) is 0 Å². The van der Waals surface area contributed by atoms with Crippen LogP contribution in [0.2, 0.25) is 0 Å². The second-order valence-corrected chi connectivity index (χ2v) is 6.17. The Kier molecular flexibility index (Phi) is 3.57. The minimum Gasteiger partial charge on any atom is -0.340 e. The largest absolute Gasteiger partial charge is 0.340 e. The van der Waals surface area contributed by atoms with E-state index in [-0.39, 0.29) is 0 Å². The summed E-state index contributed by atoms with van der Waals surface area (Å²) in [6.45, 7) is 6.56. The van der Waals surface area contributed by atoms with Crippen LogP contribution in [0.3, 0.4) is 0 Å². The first-order valence-electron chi connectivity index (χ1n) is 7.45. The number of likely N-dealkylation sites (tertiary alicyclic amines) is 1. The number of hydrogen-bond donors (Lipinski definition) is 0. The number of carbonyl (C=O) groups excluding carboxylic acids is 1. The maximum absolute atomic E-state index is 12.0. The summed E-state index contributed by atoms with van der Waals surface area (Å²) in [5.74, 6) is 0.818. The third-order valence-electron chi connectivity index (χ3n) is 4.76. The molecule has 18 heavy (non-hydrogen) atoms. The fourth-order valence-electron chi connectivity index (χ4n) is 3.26. The average molecular weight is 251 g/mol. The van der Waals surface area contributed by atoms with Crippen LogP contribution in [-0.2, 0) is 4.79 Å². The summed E-state index contributed by atoms with van der Waals surface area (Å²) in [5, 5.41) is 0. The first-order chi connectivity index (χ1) is 8.74. The highest BCUT2D eigenvalue weighted by Crippen LogP contribution is 2.31. The quantitative estimate of drug-likeness (QED) is 0.720. The van der Waals surface area contributed by atoms with Gasteiger partial charge in [-0.1, -0.05) is 0 Å². The molecule has 0 aromatic rings. The topological polar surface area (TPSA) is 26.8 Å². The summed E-state index contributed by atoms with van der Waals surface area (Å²) < 4.78 is 0. The van der Waals surface area contributed by atoms with Crippen LogP contribution in [0.15, 0.2) is 0 Å². The van der Waals surface area contributed by atoms with Gasteiger partial charge < -0.3 is 9.80 Å². The molecule has 2 saturated heterocycles. The molecule has 4 nitrogen and oxygen atoms in total. The Morgan fingerprint density at radius 3 is 2.06 bits per heavy atom. The monoisotopic (exact) mass is 251 g/mol. The van der Waals surface area contributed by atoms with E-state index < -0.39 is 0 Å². The van der Waals surface area contributed by atoms with Crippen molar-refractivity contribution in [3.8, 4) is 0 Å². The maximum Gasteiger partial charge on any atom is 0.225 e. The predicted molar refractivity (Wildman–Crippen MR) is 71.4 cm³/mol. The molecule has 0 unspecified atom stereocenters. The van der Waals surface area contributed by atoms with Crippen LogP contribution in [-0.4, -0.2) is 73.0 Å². The highest BCUT2D eigenvalue weighted by atomic mass is 16.2. The van der Waals surface area contributed by atoms with E-state index in [1.807, 2.05) is 0 Å². The first kappa shape index (κ1) is 12.4. The highest BCUT2D eigenvalue weighted by Gasteiger charge is 2.35. The zero-order valence-electron chi connectivity index (χ0n) is 11.5. The Balaban J connectivity index is 1.46. The van der Waals surface area contributed by atoms with Crippen LogP contribution in [0.4, 0.5) is 0 Å². The predicted octanol–water partition coefficient (Wildman–Crippen LogP) is 0.635. The van der Waals surface area contributed by atoms with Gasteiger partial charge in [0.1, 0.15) is 0 Å². The summed E-state index contributed by atoms with van der Waals surface area (Å²) in [6, 6.07) is 0.763. The molecule has 0 bridgehead atoms. The number of nitrogens with zero attached hydrogens (tertiary/aromatic N) is 3. The molecular formula is C14H25N3O. The smallest absolute Gasteiger partial charge is 0.225 e. The minimum atomic E-state index is 0.389. The van der Waals surface area contributed by atoms with E-state index in [0.29, 0.717) is 11.8 Å². The Labute approximate surface area is 110 Å². The number of rotatable bonds is 2. The fourth-order valence-corrected chi connectivity index (χ4v) is 3.26. The Morgan fingerprint density at radius 1 is 0.889 bits per heavy atom.